The Labute approximate surface area is 185 Å². The second-order valence-electron chi connectivity index (χ2n) is 6.88. The molecule has 0 saturated carbocycles. The molecule has 0 spiro atoms. The average Bonchev–Trinajstić information content (AvgIpc) is 3.29. The molecular formula is C23H22ClN3O4. The summed E-state index contributed by atoms with van der Waals surface area (Å²) >= 11 is 6.16. The minimum absolute atomic E-state index is 0.179. The average molecular weight is 440 g/mol. The number of anilines is 1. The lowest BCUT2D eigenvalue weighted by Gasteiger charge is -2.16. The summed E-state index contributed by atoms with van der Waals surface area (Å²) in [5.41, 5.74) is 5.43. The standard InChI is InChI=1S/C23H22ClN3O4/c1-14-6-11-20(19(24)13-14)31-16(3)22(28)25-18-9-7-17(8-10-18)15(2)26-27-23(29)21-5-4-12-30-21/h4-13,16H,1-3H3,(H,25,28)(H,27,29)/b26-15-/t16-/m1/s1. The quantitative estimate of drug-likeness (QED) is 0.408. The molecule has 3 rings (SSSR count). The summed E-state index contributed by atoms with van der Waals surface area (Å²) in [6.45, 7) is 5.34. The smallest absolute Gasteiger partial charge is 0.307 e. The van der Waals surface area contributed by atoms with Crippen LogP contribution in [0, 0.1) is 6.92 Å². The Hall–Kier alpha value is -3.58. The SMILES string of the molecule is C/C(=N/NC(=O)c1ccco1)c1ccc(NC(=O)[C@@H](C)Oc2ccc(C)cc2Cl)cc1. The number of furan rings is 1. The summed E-state index contributed by atoms with van der Waals surface area (Å²) in [6, 6.07) is 15.6. The molecule has 0 bridgehead atoms. The molecule has 31 heavy (non-hydrogen) atoms. The van der Waals surface area contributed by atoms with Crippen LogP contribution in [0.3, 0.4) is 0 Å². The molecule has 7 nitrogen and oxygen atoms in total. The molecule has 1 atom stereocenters. The number of hydrazone groups is 1. The van der Waals surface area contributed by atoms with Gasteiger partial charge < -0.3 is 14.5 Å². The molecule has 8 heteroatoms. The van der Waals surface area contributed by atoms with Crippen LogP contribution >= 0.6 is 11.6 Å². The summed E-state index contributed by atoms with van der Waals surface area (Å²) < 4.78 is 10.7. The van der Waals surface area contributed by atoms with E-state index in [2.05, 4.69) is 15.8 Å². The van der Waals surface area contributed by atoms with Gasteiger partial charge in [0, 0.05) is 5.69 Å². The van der Waals surface area contributed by atoms with E-state index in [1.165, 1.54) is 6.26 Å². The summed E-state index contributed by atoms with van der Waals surface area (Å²) in [7, 11) is 0. The van der Waals surface area contributed by atoms with Crippen molar-refractivity contribution in [2.45, 2.75) is 26.9 Å². The van der Waals surface area contributed by atoms with Crippen molar-refractivity contribution in [3.8, 4) is 5.75 Å². The highest BCUT2D eigenvalue weighted by molar-refractivity contribution is 6.32. The molecule has 0 unspecified atom stereocenters. The van der Waals surface area contributed by atoms with Crippen LogP contribution in [0.25, 0.3) is 0 Å². The largest absolute Gasteiger partial charge is 0.479 e. The Morgan fingerprint density at radius 1 is 1.13 bits per heavy atom. The van der Waals surface area contributed by atoms with E-state index in [4.69, 9.17) is 20.8 Å². The fourth-order valence-electron chi connectivity index (χ4n) is 2.65. The molecule has 0 fully saturated rings. The lowest BCUT2D eigenvalue weighted by molar-refractivity contribution is -0.122. The maximum absolute atomic E-state index is 12.4. The van der Waals surface area contributed by atoms with Crippen LogP contribution in [-0.2, 0) is 4.79 Å². The van der Waals surface area contributed by atoms with Crippen LogP contribution in [0.2, 0.25) is 5.02 Å². The Morgan fingerprint density at radius 3 is 2.52 bits per heavy atom. The summed E-state index contributed by atoms with van der Waals surface area (Å²) in [5.74, 6) is -0.108. The highest BCUT2D eigenvalue weighted by atomic mass is 35.5. The van der Waals surface area contributed by atoms with E-state index in [0.717, 1.165) is 11.1 Å². The molecule has 1 aromatic heterocycles. The van der Waals surface area contributed by atoms with Crippen LogP contribution in [0.5, 0.6) is 5.75 Å². The van der Waals surface area contributed by atoms with Gasteiger partial charge in [-0.15, -0.1) is 0 Å². The maximum Gasteiger partial charge on any atom is 0.307 e. The molecule has 0 aliphatic carbocycles. The van der Waals surface area contributed by atoms with E-state index in [1.807, 2.05) is 13.0 Å². The highest BCUT2D eigenvalue weighted by Crippen LogP contribution is 2.26. The summed E-state index contributed by atoms with van der Waals surface area (Å²) in [4.78, 5) is 24.3. The van der Waals surface area contributed by atoms with Gasteiger partial charge >= 0.3 is 5.91 Å². The Balaban J connectivity index is 1.57. The van der Waals surface area contributed by atoms with Crippen molar-refractivity contribution in [1.29, 1.82) is 0 Å². The van der Waals surface area contributed by atoms with Crippen LogP contribution < -0.4 is 15.5 Å². The normalized spacial score (nSPS) is 12.2. The minimum Gasteiger partial charge on any atom is -0.479 e. The van der Waals surface area contributed by atoms with Gasteiger partial charge in [-0.3, -0.25) is 9.59 Å². The zero-order chi connectivity index (χ0) is 22.4. The van der Waals surface area contributed by atoms with Gasteiger partial charge in [0.05, 0.1) is 17.0 Å². The van der Waals surface area contributed by atoms with Crippen LogP contribution in [0.4, 0.5) is 5.69 Å². The van der Waals surface area contributed by atoms with Crippen molar-refractivity contribution in [2.75, 3.05) is 5.32 Å². The van der Waals surface area contributed by atoms with Gasteiger partial charge in [-0.05, 0) is 68.3 Å². The van der Waals surface area contributed by atoms with Crippen molar-refractivity contribution in [1.82, 2.24) is 5.43 Å². The third-order valence-corrected chi connectivity index (χ3v) is 4.70. The molecule has 0 aliphatic heterocycles. The maximum atomic E-state index is 12.4. The number of ether oxygens (including phenoxy) is 1. The first-order valence-electron chi connectivity index (χ1n) is 9.55. The topological polar surface area (TPSA) is 92.9 Å². The monoisotopic (exact) mass is 439 g/mol. The predicted octanol–water partition coefficient (Wildman–Crippen LogP) is 4.80. The van der Waals surface area contributed by atoms with Crippen molar-refractivity contribution in [3.63, 3.8) is 0 Å². The van der Waals surface area contributed by atoms with Gasteiger partial charge in [0.2, 0.25) is 0 Å². The lowest BCUT2D eigenvalue weighted by Crippen LogP contribution is -2.30. The van der Waals surface area contributed by atoms with Crippen molar-refractivity contribution < 1.29 is 18.7 Å². The second-order valence-corrected chi connectivity index (χ2v) is 7.28. The molecule has 2 aromatic carbocycles. The minimum atomic E-state index is -0.736. The number of nitrogens with one attached hydrogen (secondary N) is 2. The van der Waals surface area contributed by atoms with Crippen molar-refractivity contribution >= 4 is 34.8 Å². The fraction of sp³-hybridized carbons (Fsp3) is 0.174. The third-order valence-electron chi connectivity index (χ3n) is 4.40. The lowest BCUT2D eigenvalue weighted by atomic mass is 10.1. The molecular weight excluding hydrogens is 418 g/mol. The van der Waals surface area contributed by atoms with Gasteiger partial charge in [0.1, 0.15) is 5.75 Å². The number of rotatable bonds is 7. The number of hydrogen-bond donors (Lipinski definition) is 2. The number of hydrogen-bond acceptors (Lipinski definition) is 5. The fourth-order valence-corrected chi connectivity index (χ4v) is 2.93. The Kier molecular flexibility index (Phi) is 7.10. The molecule has 0 radical (unpaired) electrons. The number of amides is 2. The van der Waals surface area contributed by atoms with Crippen molar-refractivity contribution in [2.24, 2.45) is 5.10 Å². The summed E-state index contributed by atoms with van der Waals surface area (Å²) in [5, 5.41) is 7.32. The van der Waals surface area contributed by atoms with Crippen LogP contribution in [-0.4, -0.2) is 23.6 Å². The van der Waals surface area contributed by atoms with E-state index in [1.54, 1.807) is 62.4 Å². The number of nitrogens with zero attached hydrogens (tertiary/aromatic N) is 1. The van der Waals surface area contributed by atoms with E-state index in [-0.39, 0.29) is 11.7 Å². The number of halogens is 1. The van der Waals surface area contributed by atoms with Crippen LogP contribution in [0.1, 0.15) is 35.5 Å². The van der Waals surface area contributed by atoms with E-state index < -0.39 is 12.0 Å². The predicted molar refractivity (Wildman–Crippen MR) is 120 cm³/mol. The molecule has 0 saturated heterocycles. The zero-order valence-corrected chi connectivity index (χ0v) is 18.1. The number of carbonyl (C=O) groups is 2. The Bertz CT molecular complexity index is 1090. The molecule has 160 valence electrons. The van der Waals surface area contributed by atoms with Gasteiger partial charge in [-0.1, -0.05) is 29.8 Å². The number of carbonyl (C=O) groups excluding carboxylic acids is 2. The molecule has 3 aromatic rings. The van der Waals surface area contributed by atoms with Crippen LogP contribution in [0.15, 0.2) is 70.4 Å². The third kappa shape index (κ3) is 5.96. The van der Waals surface area contributed by atoms with Gasteiger partial charge in [-0.2, -0.15) is 5.10 Å². The van der Waals surface area contributed by atoms with Gasteiger partial charge in [0.25, 0.3) is 5.91 Å². The van der Waals surface area contributed by atoms with Crippen molar-refractivity contribution in [3.05, 3.63) is 82.8 Å². The molecule has 1 heterocycles. The Morgan fingerprint density at radius 2 is 1.87 bits per heavy atom. The van der Waals surface area contributed by atoms with E-state index in [0.29, 0.717) is 22.2 Å². The number of aryl methyl sites for hydroxylation is 1. The number of benzene rings is 2. The highest BCUT2D eigenvalue weighted by Gasteiger charge is 2.16. The first-order valence-corrected chi connectivity index (χ1v) is 9.93. The second kappa shape index (κ2) is 9.95. The zero-order valence-electron chi connectivity index (χ0n) is 17.3. The first kappa shape index (κ1) is 22.1. The van der Waals surface area contributed by atoms with E-state index in [9.17, 15) is 9.59 Å². The van der Waals surface area contributed by atoms with Gasteiger partial charge in [-0.25, -0.2) is 5.43 Å². The first-order chi connectivity index (χ1) is 14.8. The molecule has 2 N–H and O–H groups in total. The molecule has 0 aliphatic rings. The van der Waals surface area contributed by atoms with Gasteiger partial charge in [0.15, 0.2) is 11.9 Å². The molecule has 2 amide bonds. The van der Waals surface area contributed by atoms with E-state index >= 15 is 0 Å². The summed E-state index contributed by atoms with van der Waals surface area (Å²) in [6.07, 6.45) is 0.680.